The molecule has 2 bridgehead atoms. The Hall–Kier alpha value is -1.67. The number of unbranched alkanes of at least 4 members (excludes halogenated alkanes) is 10. The van der Waals surface area contributed by atoms with Gasteiger partial charge < -0.3 is 24.1 Å². The van der Waals surface area contributed by atoms with E-state index in [9.17, 15) is 19.5 Å². The molecule has 1 saturated carbocycles. The molecule has 0 radical (unpaired) electrons. The lowest BCUT2D eigenvalue weighted by Gasteiger charge is -2.51. The van der Waals surface area contributed by atoms with Gasteiger partial charge in [-0.2, -0.15) is 0 Å². The van der Waals surface area contributed by atoms with E-state index >= 15 is 0 Å². The highest BCUT2D eigenvalue weighted by atomic mass is 16.6. The minimum atomic E-state index is -1.39. The van der Waals surface area contributed by atoms with Gasteiger partial charge in [0, 0.05) is 38.5 Å². The van der Waals surface area contributed by atoms with Crippen LogP contribution >= 0.6 is 0 Å². The molecular formula is C38H66O8. The van der Waals surface area contributed by atoms with Crippen LogP contribution in [-0.4, -0.2) is 58.1 Å². The van der Waals surface area contributed by atoms with Gasteiger partial charge in [0.15, 0.2) is 0 Å². The highest BCUT2D eigenvalue weighted by Gasteiger charge is 2.65. The smallest absolute Gasteiger partial charge is 0.306 e. The van der Waals surface area contributed by atoms with Crippen LogP contribution in [0.15, 0.2) is 0 Å². The second-order valence-electron chi connectivity index (χ2n) is 15.8. The fourth-order valence-electron chi connectivity index (χ4n) is 9.04. The highest BCUT2D eigenvalue weighted by Crippen LogP contribution is 2.58. The van der Waals surface area contributed by atoms with Gasteiger partial charge in [-0.25, -0.2) is 0 Å². The maximum absolute atomic E-state index is 13.1. The monoisotopic (exact) mass is 650 g/mol. The summed E-state index contributed by atoms with van der Waals surface area (Å²) in [6.45, 7) is 15.1. The standard InChI is InChI=1S/C38H66O8/c1-9-10-11-12-13-14-15-16-17-18-19-20-32(41)44-31-22-24-38(8,46-28(5)40)35-33-29(26(2)3)21-23-37(7,45-27(4)39)34(33)30(43-35)25-36(31,6)42/h26,29-31,33-35,42H,9-25H2,1-8H3. The Labute approximate surface area is 279 Å². The third-order valence-corrected chi connectivity index (χ3v) is 11.3. The Morgan fingerprint density at radius 1 is 0.804 bits per heavy atom. The van der Waals surface area contributed by atoms with Crippen LogP contribution in [-0.2, 0) is 33.3 Å². The van der Waals surface area contributed by atoms with Crippen molar-refractivity contribution in [2.45, 2.75) is 200 Å². The number of rotatable bonds is 16. The first-order valence-corrected chi connectivity index (χ1v) is 18.6. The van der Waals surface area contributed by atoms with Crippen molar-refractivity contribution < 1.29 is 38.4 Å². The van der Waals surface area contributed by atoms with Crippen molar-refractivity contribution in [3.8, 4) is 0 Å². The number of aliphatic hydroxyl groups is 1. The third kappa shape index (κ3) is 10.2. The quantitative estimate of drug-likeness (QED) is 0.101. The van der Waals surface area contributed by atoms with Crippen LogP contribution in [0.3, 0.4) is 0 Å². The molecule has 1 aliphatic carbocycles. The molecule has 0 aromatic carbocycles. The normalized spacial score (nSPS) is 35.9. The molecule has 3 aliphatic rings. The average molecular weight is 651 g/mol. The summed E-state index contributed by atoms with van der Waals surface area (Å²) in [4.78, 5) is 38.0. The molecule has 2 saturated heterocycles. The maximum Gasteiger partial charge on any atom is 0.306 e. The number of carbonyl (C=O) groups excluding carboxylic acids is 3. The van der Waals surface area contributed by atoms with Gasteiger partial charge in [-0.05, 0) is 64.7 Å². The lowest BCUT2D eigenvalue weighted by atomic mass is 9.57. The molecule has 8 heteroatoms. The SMILES string of the molecule is CCCCCCCCCCCCCC(=O)OC1CCC(C)(OC(C)=O)C2OC(CC1(C)O)C1C2C(C(C)C)CCC1(C)OC(C)=O. The zero-order valence-corrected chi connectivity index (χ0v) is 30.4. The molecule has 0 aromatic heterocycles. The fourth-order valence-corrected chi connectivity index (χ4v) is 9.04. The molecular weight excluding hydrogens is 584 g/mol. The van der Waals surface area contributed by atoms with Gasteiger partial charge in [0.1, 0.15) is 29.0 Å². The molecule has 0 spiro atoms. The summed E-state index contributed by atoms with van der Waals surface area (Å²) in [5, 5.41) is 12.0. The summed E-state index contributed by atoms with van der Waals surface area (Å²) in [5.74, 6) is -0.695. The number of carbonyl (C=O) groups is 3. The molecule has 8 nitrogen and oxygen atoms in total. The largest absolute Gasteiger partial charge is 0.459 e. The third-order valence-electron chi connectivity index (χ3n) is 11.3. The van der Waals surface area contributed by atoms with E-state index in [1.54, 1.807) is 6.92 Å². The Bertz CT molecular complexity index is 993. The van der Waals surface area contributed by atoms with Crippen LogP contribution in [0.2, 0.25) is 0 Å². The van der Waals surface area contributed by atoms with E-state index in [1.807, 2.05) is 13.8 Å². The van der Waals surface area contributed by atoms with Crippen molar-refractivity contribution in [3.63, 3.8) is 0 Å². The molecule has 0 aromatic rings. The number of hydrogen-bond acceptors (Lipinski definition) is 8. The van der Waals surface area contributed by atoms with Crippen molar-refractivity contribution in [2.75, 3.05) is 0 Å². The summed E-state index contributed by atoms with van der Waals surface area (Å²) >= 11 is 0. The molecule has 1 N–H and O–H groups in total. The minimum absolute atomic E-state index is 0.0385. The Morgan fingerprint density at radius 2 is 1.33 bits per heavy atom. The van der Waals surface area contributed by atoms with E-state index < -0.39 is 41.1 Å². The number of esters is 3. The van der Waals surface area contributed by atoms with Crippen LogP contribution in [0.1, 0.15) is 165 Å². The molecule has 2 aliphatic heterocycles. The Kier molecular flexibility index (Phi) is 14.4. The van der Waals surface area contributed by atoms with E-state index in [0.717, 1.165) is 25.7 Å². The summed E-state index contributed by atoms with van der Waals surface area (Å²) in [6.07, 6.45) is 14.3. The van der Waals surface area contributed by atoms with E-state index in [4.69, 9.17) is 18.9 Å². The summed E-state index contributed by atoms with van der Waals surface area (Å²) < 4.78 is 25.1. The molecule has 46 heavy (non-hydrogen) atoms. The van der Waals surface area contributed by atoms with Crippen molar-refractivity contribution in [1.29, 1.82) is 0 Å². The first-order valence-electron chi connectivity index (χ1n) is 18.6. The van der Waals surface area contributed by atoms with E-state index in [1.165, 1.54) is 65.2 Å². The van der Waals surface area contributed by atoms with E-state index in [2.05, 4.69) is 20.8 Å². The lowest BCUT2D eigenvalue weighted by Crippen LogP contribution is -2.58. The van der Waals surface area contributed by atoms with Gasteiger partial charge in [0.05, 0.1) is 6.10 Å². The second-order valence-corrected chi connectivity index (χ2v) is 15.8. The molecule has 0 amide bonds. The number of ether oxygens (including phenoxy) is 4. The van der Waals surface area contributed by atoms with Gasteiger partial charge in [-0.3, -0.25) is 14.4 Å². The second kappa shape index (κ2) is 17.1. The topological polar surface area (TPSA) is 108 Å². The van der Waals surface area contributed by atoms with Gasteiger partial charge >= 0.3 is 17.9 Å². The molecule has 9 unspecified atom stereocenters. The first kappa shape index (κ1) is 38.8. The highest BCUT2D eigenvalue weighted by molar-refractivity contribution is 5.69. The zero-order chi connectivity index (χ0) is 34.1. The van der Waals surface area contributed by atoms with Crippen LogP contribution < -0.4 is 0 Å². The van der Waals surface area contributed by atoms with Crippen molar-refractivity contribution in [1.82, 2.24) is 0 Å². The van der Waals surface area contributed by atoms with Crippen molar-refractivity contribution in [3.05, 3.63) is 0 Å². The Balaban J connectivity index is 1.71. The van der Waals surface area contributed by atoms with E-state index in [-0.39, 0.29) is 36.1 Å². The zero-order valence-electron chi connectivity index (χ0n) is 30.4. The number of fused-ring (bicyclic) bond motifs is 5. The van der Waals surface area contributed by atoms with Crippen LogP contribution in [0, 0.1) is 23.7 Å². The van der Waals surface area contributed by atoms with Gasteiger partial charge in [-0.1, -0.05) is 85.0 Å². The van der Waals surface area contributed by atoms with Crippen molar-refractivity contribution in [2.24, 2.45) is 23.7 Å². The summed E-state index contributed by atoms with van der Waals surface area (Å²) in [6, 6.07) is 0. The van der Waals surface area contributed by atoms with Gasteiger partial charge in [0.2, 0.25) is 0 Å². The van der Waals surface area contributed by atoms with Gasteiger partial charge in [0.25, 0.3) is 0 Å². The van der Waals surface area contributed by atoms with Crippen LogP contribution in [0.5, 0.6) is 0 Å². The molecule has 266 valence electrons. The fraction of sp³-hybridized carbons (Fsp3) is 0.921. The number of hydrogen-bond donors (Lipinski definition) is 1. The summed E-state index contributed by atoms with van der Waals surface area (Å²) in [5.41, 5.74) is -3.19. The predicted octanol–water partition coefficient (Wildman–Crippen LogP) is 8.24. The Morgan fingerprint density at radius 3 is 1.87 bits per heavy atom. The molecule has 3 fully saturated rings. The summed E-state index contributed by atoms with van der Waals surface area (Å²) in [7, 11) is 0. The van der Waals surface area contributed by atoms with Gasteiger partial charge in [-0.15, -0.1) is 0 Å². The predicted molar refractivity (Wildman–Crippen MR) is 179 cm³/mol. The maximum atomic E-state index is 13.1. The molecule has 3 rings (SSSR count). The first-order chi connectivity index (χ1) is 21.6. The molecule has 9 atom stereocenters. The average Bonchev–Trinajstić information content (AvgIpc) is 3.34. The lowest BCUT2D eigenvalue weighted by molar-refractivity contribution is -0.185. The van der Waals surface area contributed by atoms with Crippen LogP contribution in [0.25, 0.3) is 0 Å². The minimum Gasteiger partial charge on any atom is -0.459 e. The van der Waals surface area contributed by atoms with Crippen molar-refractivity contribution >= 4 is 17.9 Å². The van der Waals surface area contributed by atoms with Crippen LogP contribution in [0.4, 0.5) is 0 Å². The van der Waals surface area contributed by atoms with E-state index in [0.29, 0.717) is 31.6 Å². The molecule has 2 heterocycles.